The molecular weight excluding hydrogens is 390 g/mol. The van der Waals surface area contributed by atoms with Gasteiger partial charge in [0.2, 0.25) is 0 Å². The number of carbonyl (C=O) groups excluding carboxylic acids is 1. The van der Waals surface area contributed by atoms with Crippen LogP contribution in [-0.4, -0.2) is 53.9 Å². The fourth-order valence-corrected chi connectivity index (χ4v) is 4.14. The Morgan fingerprint density at radius 1 is 1.10 bits per heavy atom. The molecule has 0 spiro atoms. The normalized spacial score (nSPS) is 15.5. The monoisotopic (exact) mass is 423 g/mol. The third-order valence-electron chi connectivity index (χ3n) is 5.65. The molecule has 1 aliphatic rings. The van der Waals surface area contributed by atoms with Gasteiger partial charge < -0.3 is 24.7 Å². The zero-order chi connectivity index (χ0) is 21.8. The first-order valence-electron chi connectivity index (χ1n) is 11.2. The Kier molecular flexibility index (Phi) is 6.37. The number of para-hydroxylation sites is 1. The van der Waals surface area contributed by atoms with Crippen LogP contribution in [0.15, 0.2) is 42.5 Å². The van der Waals surface area contributed by atoms with Crippen LogP contribution in [0.1, 0.15) is 40.0 Å². The highest BCUT2D eigenvalue weighted by atomic mass is 16.6. The van der Waals surface area contributed by atoms with Gasteiger partial charge in [0.25, 0.3) is 0 Å². The molecule has 31 heavy (non-hydrogen) atoms. The molecule has 0 saturated carbocycles. The van der Waals surface area contributed by atoms with Crippen LogP contribution in [0.5, 0.6) is 5.75 Å². The van der Waals surface area contributed by atoms with Crippen LogP contribution in [0.4, 0.5) is 4.79 Å². The maximum atomic E-state index is 12.2. The lowest BCUT2D eigenvalue weighted by molar-refractivity contribution is 0.0198. The topological polar surface area (TPSA) is 66.6 Å². The number of aromatic nitrogens is 1. The number of rotatable bonds is 6. The van der Waals surface area contributed by atoms with Crippen LogP contribution >= 0.6 is 0 Å². The molecule has 6 nitrogen and oxygen atoms in total. The number of nitrogens with one attached hydrogen (secondary N) is 2. The SMILES string of the molecule is CC(C)(C)OC(=O)N1CCC(NCCCOc2cccc3[nH]c4ccccc4c23)CC1. The highest BCUT2D eigenvalue weighted by Crippen LogP contribution is 2.32. The van der Waals surface area contributed by atoms with Crippen molar-refractivity contribution in [3.63, 3.8) is 0 Å². The van der Waals surface area contributed by atoms with Gasteiger partial charge >= 0.3 is 6.09 Å². The summed E-state index contributed by atoms with van der Waals surface area (Å²) in [5.74, 6) is 0.931. The lowest BCUT2D eigenvalue weighted by atomic mass is 10.1. The zero-order valence-electron chi connectivity index (χ0n) is 18.7. The van der Waals surface area contributed by atoms with Gasteiger partial charge in [0.1, 0.15) is 11.4 Å². The Bertz CT molecular complexity index is 1030. The van der Waals surface area contributed by atoms with Gasteiger partial charge in [0, 0.05) is 35.4 Å². The number of carbonyl (C=O) groups is 1. The van der Waals surface area contributed by atoms with Crippen LogP contribution in [0.3, 0.4) is 0 Å². The number of hydrogen-bond acceptors (Lipinski definition) is 4. The summed E-state index contributed by atoms with van der Waals surface area (Å²) in [4.78, 5) is 17.4. The number of fused-ring (bicyclic) bond motifs is 3. The molecule has 1 amide bonds. The predicted octanol–water partition coefficient (Wildman–Crippen LogP) is 5.08. The van der Waals surface area contributed by atoms with Crippen molar-refractivity contribution in [3.8, 4) is 5.75 Å². The van der Waals surface area contributed by atoms with Gasteiger partial charge in [-0.1, -0.05) is 24.3 Å². The number of hydrogen-bond donors (Lipinski definition) is 2. The van der Waals surface area contributed by atoms with E-state index in [-0.39, 0.29) is 6.09 Å². The summed E-state index contributed by atoms with van der Waals surface area (Å²) in [6, 6.07) is 14.9. The van der Waals surface area contributed by atoms with E-state index in [2.05, 4.69) is 34.6 Å². The van der Waals surface area contributed by atoms with Crippen molar-refractivity contribution in [3.05, 3.63) is 42.5 Å². The minimum atomic E-state index is -0.441. The maximum absolute atomic E-state index is 12.2. The minimum absolute atomic E-state index is 0.203. The number of likely N-dealkylation sites (tertiary alicyclic amines) is 1. The second-order valence-corrected chi connectivity index (χ2v) is 9.25. The Morgan fingerprint density at radius 2 is 1.84 bits per heavy atom. The van der Waals surface area contributed by atoms with Crippen LogP contribution in [-0.2, 0) is 4.74 Å². The standard InChI is InChI=1S/C25H33N3O3/c1-25(2,3)31-24(29)28-15-12-18(13-16-28)26-14-7-17-30-22-11-6-10-21-23(22)19-8-4-5-9-20(19)27-21/h4-6,8-11,18,26-27H,7,12-17H2,1-3H3. The summed E-state index contributed by atoms with van der Waals surface area (Å²) in [7, 11) is 0. The van der Waals surface area contributed by atoms with E-state index >= 15 is 0 Å². The molecule has 1 saturated heterocycles. The lowest BCUT2D eigenvalue weighted by Crippen LogP contribution is -2.46. The van der Waals surface area contributed by atoms with Crippen molar-refractivity contribution in [2.45, 2.75) is 51.7 Å². The summed E-state index contributed by atoms with van der Waals surface area (Å²) < 4.78 is 11.6. The minimum Gasteiger partial charge on any atom is -0.493 e. The summed E-state index contributed by atoms with van der Waals surface area (Å²) >= 11 is 0. The van der Waals surface area contributed by atoms with Gasteiger partial charge in [-0.15, -0.1) is 0 Å². The van der Waals surface area contributed by atoms with E-state index in [9.17, 15) is 4.79 Å². The summed E-state index contributed by atoms with van der Waals surface area (Å²) in [6.07, 6.45) is 2.64. The molecule has 2 heterocycles. The number of benzene rings is 2. The van der Waals surface area contributed by atoms with Gasteiger partial charge in [-0.25, -0.2) is 4.79 Å². The first-order chi connectivity index (χ1) is 14.9. The number of ether oxygens (including phenoxy) is 2. The van der Waals surface area contributed by atoms with Gasteiger partial charge in [-0.2, -0.15) is 0 Å². The van der Waals surface area contributed by atoms with Crippen molar-refractivity contribution in [1.82, 2.24) is 15.2 Å². The van der Waals surface area contributed by atoms with E-state index in [1.54, 1.807) is 0 Å². The summed E-state index contributed by atoms with van der Waals surface area (Å²) in [6.45, 7) is 8.77. The van der Waals surface area contributed by atoms with E-state index in [0.29, 0.717) is 12.6 Å². The molecule has 1 fully saturated rings. The van der Waals surface area contributed by atoms with E-state index in [4.69, 9.17) is 9.47 Å². The first-order valence-corrected chi connectivity index (χ1v) is 11.2. The summed E-state index contributed by atoms with van der Waals surface area (Å²) in [5, 5.41) is 5.96. The molecule has 2 N–H and O–H groups in total. The van der Waals surface area contributed by atoms with E-state index in [0.717, 1.165) is 61.1 Å². The van der Waals surface area contributed by atoms with Crippen LogP contribution in [0.2, 0.25) is 0 Å². The molecule has 0 aliphatic carbocycles. The van der Waals surface area contributed by atoms with Crippen molar-refractivity contribution in [2.24, 2.45) is 0 Å². The average molecular weight is 424 g/mol. The smallest absolute Gasteiger partial charge is 0.410 e. The molecular formula is C25H33N3O3. The Balaban J connectivity index is 1.21. The van der Waals surface area contributed by atoms with Crippen LogP contribution in [0, 0.1) is 0 Å². The van der Waals surface area contributed by atoms with E-state index < -0.39 is 5.60 Å². The van der Waals surface area contributed by atoms with Crippen molar-refractivity contribution in [1.29, 1.82) is 0 Å². The second-order valence-electron chi connectivity index (χ2n) is 9.25. The Labute approximate surface area is 183 Å². The van der Waals surface area contributed by atoms with E-state index in [1.165, 1.54) is 5.39 Å². The molecule has 2 aromatic carbocycles. The quantitative estimate of drug-likeness (QED) is 0.543. The summed E-state index contributed by atoms with van der Waals surface area (Å²) in [5.41, 5.74) is 1.80. The zero-order valence-corrected chi connectivity index (χ0v) is 18.7. The highest BCUT2D eigenvalue weighted by Gasteiger charge is 2.26. The first kappa shape index (κ1) is 21.5. The third-order valence-corrected chi connectivity index (χ3v) is 5.65. The maximum Gasteiger partial charge on any atom is 0.410 e. The van der Waals surface area contributed by atoms with Gasteiger partial charge in [-0.3, -0.25) is 0 Å². The fourth-order valence-electron chi connectivity index (χ4n) is 4.14. The lowest BCUT2D eigenvalue weighted by Gasteiger charge is -2.33. The molecule has 0 unspecified atom stereocenters. The largest absolute Gasteiger partial charge is 0.493 e. The Hall–Kier alpha value is -2.73. The molecule has 1 aromatic heterocycles. The van der Waals surface area contributed by atoms with Gasteiger partial charge in [0.15, 0.2) is 0 Å². The third kappa shape index (κ3) is 5.31. The number of piperidine rings is 1. The highest BCUT2D eigenvalue weighted by molar-refractivity contribution is 6.10. The van der Waals surface area contributed by atoms with Crippen molar-refractivity contribution >= 4 is 27.9 Å². The molecule has 166 valence electrons. The molecule has 6 heteroatoms. The predicted molar refractivity (Wildman–Crippen MR) is 125 cm³/mol. The van der Waals surface area contributed by atoms with Gasteiger partial charge in [-0.05, 0) is 64.8 Å². The van der Waals surface area contributed by atoms with Crippen LogP contribution in [0.25, 0.3) is 21.8 Å². The molecule has 4 rings (SSSR count). The average Bonchev–Trinajstić information content (AvgIpc) is 3.12. The second kappa shape index (κ2) is 9.18. The van der Waals surface area contributed by atoms with Crippen molar-refractivity contribution < 1.29 is 14.3 Å². The molecule has 0 bridgehead atoms. The molecule has 0 atom stereocenters. The molecule has 0 radical (unpaired) electrons. The molecule has 1 aliphatic heterocycles. The fraction of sp³-hybridized carbons (Fsp3) is 0.480. The number of H-pyrrole nitrogens is 1. The van der Waals surface area contributed by atoms with Crippen molar-refractivity contribution in [2.75, 3.05) is 26.2 Å². The number of amides is 1. The number of nitrogens with zero attached hydrogens (tertiary/aromatic N) is 1. The Morgan fingerprint density at radius 3 is 2.61 bits per heavy atom. The van der Waals surface area contributed by atoms with Crippen LogP contribution < -0.4 is 10.1 Å². The van der Waals surface area contributed by atoms with Gasteiger partial charge in [0.05, 0.1) is 12.1 Å². The number of aromatic amines is 1. The molecule has 3 aromatic rings. The van der Waals surface area contributed by atoms with E-state index in [1.807, 2.05) is 43.9 Å².